The number of hydrogen-bond acceptors (Lipinski definition) is 8. The zero-order valence-corrected chi connectivity index (χ0v) is 20.9. The van der Waals surface area contributed by atoms with Crippen molar-refractivity contribution < 1.29 is 13.6 Å². The summed E-state index contributed by atoms with van der Waals surface area (Å²) in [6, 6.07) is 4.01. The molecule has 0 spiro atoms. The number of aldehydes is 1. The number of fused-ring (bicyclic) bond motifs is 1. The highest BCUT2D eigenvalue weighted by molar-refractivity contribution is 7.97. The molecule has 0 bridgehead atoms. The van der Waals surface area contributed by atoms with E-state index in [-0.39, 0.29) is 13.0 Å². The molecular formula is C23H30F2N8OS. The summed E-state index contributed by atoms with van der Waals surface area (Å²) in [7, 11) is 3.73. The van der Waals surface area contributed by atoms with E-state index in [1.165, 1.54) is 12.0 Å². The number of aromatic nitrogens is 5. The molecule has 1 N–H and O–H groups in total. The highest BCUT2D eigenvalue weighted by atomic mass is 32.2. The number of carbonyl (C=O) groups is 1. The van der Waals surface area contributed by atoms with E-state index in [9.17, 15) is 13.6 Å². The van der Waals surface area contributed by atoms with Crippen molar-refractivity contribution in [2.45, 2.75) is 43.8 Å². The fourth-order valence-corrected chi connectivity index (χ4v) is 5.24. The highest BCUT2D eigenvalue weighted by Crippen LogP contribution is 2.32. The van der Waals surface area contributed by atoms with Crippen LogP contribution in [0.1, 0.15) is 33.9 Å². The Hall–Kier alpha value is -2.83. The van der Waals surface area contributed by atoms with Crippen LogP contribution in [0.25, 0.3) is 0 Å². The van der Waals surface area contributed by atoms with Gasteiger partial charge in [-0.25, -0.2) is 23.1 Å². The monoisotopic (exact) mass is 504 g/mol. The van der Waals surface area contributed by atoms with Crippen molar-refractivity contribution in [3.05, 3.63) is 53.5 Å². The Morgan fingerprint density at radius 2 is 2.11 bits per heavy atom. The zero-order valence-electron chi connectivity index (χ0n) is 20.1. The van der Waals surface area contributed by atoms with Crippen molar-refractivity contribution >= 4 is 24.1 Å². The Kier molecular flexibility index (Phi) is 7.82. The van der Waals surface area contributed by atoms with Gasteiger partial charge in [0.05, 0.1) is 31.0 Å². The van der Waals surface area contributed by atoms with Crippen LogP contribution < -0.4 is 10.2 Å². The average molecular weight is 505 g/mol. The molecule has 35 heavy (non-hydrogen) atoms. The second-order valence-electron chi connectivity index (χ2n) is 8.63. The molecule has 5 heterocycles. The van der Waals surface area contributed by atoms with Gasteiger partial charge in [0.25, 0.3) is 5.92 Å². The molecule has 1 saturated heterocycles. The van der Waals surface area contributed by atoms with Gasteiger partial charge in [0.15, 0.2) is 6.29 Å². The van der Waals surface area contributed by atoms with Crippen LogP contribution in [0, 0.1) is 6.92 Å². The van der Waals surface area contributed by atoms with Gasteiger partial charge in [0, 0.05) is 61.6 Å². The predicted molar refractivity (Wildman–Crippen MR) is 131 cm³/mol. The first kappa shape index (κ1) is 25.3. The van der Waals surface area contributed by atoms with Crippen LogP contribution in [0.2, 0.25) is 0 Å². The van der Waals surface area contributed by atoms with Gasteiger partial charge in [-0.2, -0.15) is 5.10 Å². The van der Waals surface area contributed by atoms with Crippen molar-refractivity contribution in [1.29, 1.82) is 0 Å². The minimum absolute atomic E-state index is 0.101. The van der Waals surface area contributed by atoms with E-state index in [1.807, 2.05) is 35.5 Å². The third kappa shape index (κ3) is 5.88. The average Bonchev–Trinajstić information content (AvgIpc) is 3.53. The van der Waals surface area contributed by atoms with Crippen molar-refractivity contribution in [2.24, 2.45) is 7.05 Å². The van der Waals surface area contributed by atoms with Crippen LogP contribution in [0.15, 0.2) is 35.7 Å². The SMILES string of the molecule is CNCc1cncnc1N1CCC(F)(F)C1.Cc1c(SN2CCn3nccc3C2)cc(C=O)n1C. The molecular weight excluding hydrogens is 474 g/mol. The summed E-state index contributed by atoms with van der Waals surface area (Å²) < 4.78 is 32.5. The van der Waals surface area contributed by atoms with Crippen molar-refractivity contribution in [1.82, 2.24) is 33.9 Å². The first-order chi connectivity index (χ1) is 16.8. The number of carbonyl (C=O) groups excluding carboxylic acids is 1. The first-order valence-corrected chi connectivity index (χ1v) is 12.2. The van der Waals surface area contributed by atoms with Crippen molar-refractivity contribution in [2.75, 3.05) is 31.6 Å². The maximum Gasteiger partial charge on any atom is 0.266 e. The third-order valence-corrected chi connectivity index (χ3v) is 7.36. The summed E-state index contributed by atoms with van der Waals surface area (Å²) in [6.45, 7) is 5.49. The lowest BCUT2D eigenvalue weighted by Gasteiger charge is -2.26. The van der Waals surface area contributed by atoms with Crippen LogP contribution >= 0.6 is 11.9 Å². The maximum absolute atomic E-state index is 13.1. The lowest BCUT2D eigenvalue weighted by Crippen LogP contribution is -2.28. The molecule has 0 radical (unpaired) electrons. The van der Waals surface area contributed by atoms with Gasteiger partial charge >= 0.3 is 0 Å². The Morgan fingerprint density at radius 1 is 1.29 bits per heavy atom. The molecule has 2 aliphatic rings. The van der Waals surface area contributed by atoms with E-state index in [0.717, 1.165) is 47.8 Å². The van der Waals surface area contributed by atoms with Crippen LogP contribution in [0.4, 0.5) is 14.6 Å². The number of anilines is 1. The molecule has 188 valence electrons. The van der Waals surface area contributed by atoms with E-state index >= 15 is 0 Å². The summed E-state index contributed by atoms with van der Waals surface area (Å²) in [5, 5.41) is 7.25. The molecule has 0 unspecified atom stereocenters. The first-order valence-electron chi connectivity index (χ1n) is 11.4. The summed E-state index contributed by atoms with van der Waals surface area (Å²) in [5.41, 5.74) is 3.94. The summed E-state index contributed by atoms with van der Waals surface area (Å²) in [5.74, 6) is -1.98. The normalized spacial score (nSPS) is 17.1. The van der Waals surface area contributed by atoms with E-state index in [4.69, 9.17) is 0 Å². The van der Waals surface area contributed by atoms with Crippen LogP contribution in [-0.4, -0.2) is 67.5 Å². The molecule has 3 aromatic heterocycles. The highest BCUT2D eigenvalue weighted by Gasteiger charge is 2.39. The predicted octanol–water partition coefficient (Wildman–Crippen LogP) is 2.91. The van der Waals surface area contributed by atoms with Gasteiger partial charge in [-0.15, -0.1) is 0 Å². The largest absolute Gasteiger partial charge is 0.350 e. The van der Waals surface area contributed by atoms with Gasteiger partial charge in [-0.05, 0) is 38.1 Å². The molecule has 0 aromatic carbocycles. The van der Waals surface area contributed by atoms with Crippen LogP contribution in [0.3, 0.4) is 0 Å². The van der Waals surface area contributed by atoms with Crippen LogP contribution in [-0.2, 0) is 26.7 Å². The number of rotatable bonds is 6. The van der Waals surface area contributed by atoms with Crippen LogP contribution in [0.5, 0.6) is 0 Å². The standard InChI is InChI=1S/C13H16N4OS.C10H14F2N4/c1-10-13(7-12(9-18)15(10)2)19-16-5-6-17-11(8-16)3-4-14-17;1-13-4-8-5-14-7-15-9(8)16-3-2-10(11,12)6-16/h3-4,7,9H,5-6,8H2,1-2H3;5,7,13H,2-4,6H2,1H3. The lowest BCUT2D eigenvalue weighted by molar-refractivity contribution is 0.0256. The van der Waals surface area contributed by atoms with E-state index in [1.54, 1.807) is 30.1 Å². The summed E-state index contributed by atoms with van der Waals surface area (Å²) >= 11 is 1.72. The van der Waals surface area contributed by atoms with E-state index < -0.39 is 5.92 Å². The molecule has 0 amide bonds. The van der Waals surface area contributed by atoms with Gasteiger partial charge < -0.3 is 14.8 Å². The molecule has 9 nitrogen and oxygen atoms in total. The van der Waals surface area contributed by atoms with Crippen molar-refractivity contribution in [3.8, 4) is 0 Å². The molecule has 0 saturated carbocycles. The Balaban J connectivity index is 0.000000168. The Labute approximate surface area is 207 Å². The fourth-order valence-electron chi connectivity index (χ4n) is 4.15. The number of nitrogens with zero attached hydrogens (tertiary/aromatic N) is 7. The number of hydrogen-bond donors (Lipinski definition) is 1. The minimum atomic E-state index is -2.60. The minimum Gasteiger partial charge on any atom is -0.350 e. The Morgan fingerprint density at radius 3 is 2.80 bits per heavy atom. The van der Waals surface area contributed by atoms with Crippen molar-refractivity contribution in [3.63, 3.8) is 0 Å². The van der Waals surface area contributed by atoms with Gasteiger partial charge in [0.1, 0.15) is 12.1 Å². The number of alkyl halides is 2. The molecule has 2 aliphatic heterocycles. The molecule has 5 rings (SSSR count). The molecule has 0 atom stereocenters. The van der Waals surface area contributed by atoms with Gasteiger partial charge in [-0.1, -0.05) is 0 Å². The quantitative estimate of drug-likeness (QED) is 0.405. The zero-order chi connectivity index (χ0) is 25.0. The summed E-state index contributed by atoms with van der Waals surface area (Å²) in [6.07, 6.45) is 5.71. The Bertz CT molecular complexity index is 1160. The maximum atomic E-state index is 13.1. The second kappa shape index (κ2) is 10.8. The molecule has 1 fully saturated rings. The topological polar surface area (TPSA) is 84.1 Å². The smallest absolute Gasteiger partial charge is 0.266 e. The van der Waals surface area contributed by atoms with E-state index in [2.05, 4.69) is 30.8 Å². The van der Waals surface area contributed by atoms with E-state index in [0.29, 0.717) is 18.9 Å². The van der Waals surface area contributed by atoms with Gasteiger partial charge in [0.2, 0.25) is 0 Å². The third-order valence-electron chi connectivity index (χ3n) is 6.18. The number of halogens is 2. The second-order valence-corrected chi connectivity index (χ2v) is 9.76. The summed E-state index contributed by atoms with van der Waals surface area (Å²) in [4.78, 5) is 21.7. The molecule has 12 heteroatoms. The fraction of sp³-hybridized carbons (Fsp3) is 0.478. The molecule has 3 aromatic rings. The number of nitrogens with one attached hydrogen (secondary N) is 1. The van der Waals surface area contributed by atoms with Gasteiger partial charge in [-0.3, -0.25) is 9.48 Å². The lowest BCUT2D eigenvalue weighted by atomic mass is 10.3. The molecule has 0 aliphatic carbocycles.